The Morgan fingerprint density at radius 1 is 0.571 bits per heavy atom. The predicted molar refractivity (Wildman–Crippen MR) is 120 cm³/mol. The maximum atomic E-state index is 11.9. The monoisotopic (exact) mass is 385 g/mol. The third-order valence-electron chi connectivity index (χ3n) is 6.97. The zero-order valence-corrected chi connectivity index (χ0v) is 18.5. The zero-order valence-electron chi connectivity index (χ0n) is 18.5. The molecule has 0 aromatic carbocycles. The van der Waals surface area contributed by atoms with E-state index in [0.717, 1.165) is 32.1 Å². The molecule has 0 spiro atoms. The molecule has 1 atom stereocenters. The fraction of sp³-hybridized carbons (Fsp3) is 0.913. The first kappa shape index (κ1) is 23.5. The van der Waals surface area contributed by atoms with Crippen LogP contribution in [0.25, 0.3) is 0 Å². The second kappa shape index (κ2) is 12.1. The van der Waals surface area contributed by atoms with Gasteiger partial charge in [0.05, 0.1) is 14.3 Å². The quantitative estimate of drug-likeness (QED) is 0.481. The summed E-state index contributed by atoms with van der Waals surface area (Å²) >= 11 is 0. The summed E-state index contributed by atoms with van der Waals surface area (Å²) in [6.45, 7) is 4.82. The van der Waals surface area contributed by atoms with E-state index in [1.165, 1.54) is 64.2 Å². The highest BCUT2D eigenvalue weighted by molar-refractivity contribution is 7.03. The van der Waals surface area contributed by atoms with E-state index in [1.807, 2.05) is 0 Å². The van der Waals surface area contributed by atoms with Crippen LogP contribution in [0.2, 0.25) is 10.6 Å². The van der Waals surface area contributed by atoms with E-state index in [1.54, 1.807) is 0 Å². The molecule has 2 rings (SSSR count). The minimum atomic E-state index is -0.103. The Bertz CT molecular complexity index is 485. The van der Waals surface area contributed by atoms with Gasteiger partial charge in [-0.3, -0.25) is 14.9 Å². The summed E-state index contributed by atoms with van der Waals surface area (Å²) in [6, 6.07) is 0. The van der Waals surface area contributed by atoms with Gasteiger partial charge in [0.15, 0.2) is 0 Å². The number of rotatable bonds is 3. The van der Waals surface area contributed by atoms with E-state index in [9.17, 15) is 9.59 Å². The maximum Gasteiger partial charge on any atom is 0.226 e. The molecule has 0 bridgehead atoms. The fourth-order valence-corrected chi connectivity index (χ4v) is 4.85. The molecule has 3 nitrogen and oxygen atoms in total. The highest BCUT2D eigenvalue weighted by atomic mass is 16.2. The third-order valence-corrected chi connectivity index (χ3v) is 6.97. The Labute approximate surface area is 175 Å². The number of carbonyl (C=O) groups is 2. The molecule has 1 N–H and O–H groups in total. The van der Waals surface area contributed by atoms with Crippen molar-refractivity contribution in [1.82, 2.24) is 5.32 Å². The third kappa shape index (κ3) is 9.18. The number of amides is 2. The Balaban J connectivity index is 1.92. The van der Waals surface area contributed by atoms with Crippen molar-refractivity contribution < 1.29 is 9.59 Å². The SMILES string of the molecule is CC1([B][B]C2(C)CCCCC(=O)NC(=O)CCC2)CCCCCCCCCC1. The van der Waals surface area contributed by atoms with E-state index in [-0.39, 0.29) is 17.1 Å². The summed E-state index contributed by atoms with van der Waals surface area (Å²) in [4.78, 5) is 23.7. The predicted octanol–water partition coefficient (Wildman–Crippen LogP) is 5.97. The number of nitrogens with one attached hydrogen (secondary N) is 1. The summed E-state index contributed by atoms with van der Waals surface area (Å²) in [6.07, 6.45) is 19.6. The summed E-state index contributed by atoms with van der Waals surface area (Å²) in [5.74, 6) is -0.206. The molecule has 2 amide bonds. The summed E-state index contributed by atoms with van der Waals surface area (Å²) in [5.41, 5.74) is 0. The lowest BCUT2D eigenvalue weighted by Crippen LogP contribution is -2.31. The second-order valence-electron chi connectivity index (χ2n) is 10.0. The van der Waals surface area contributed by atoms with Gasteiger partial charge < -0.3 is 0 Å². The Kier molecular flexibility index (Phi) is 10.2. The van der Waals surface area contributed by atoms with E-state index < -0.39 is 0 Å². The van der Waals surface area contributed by atoms with Gasteiger partial charge in [-0.15, -0.1) is 0 Å². The van der Waals surface area contributed by atoms with Crippen LogP contribution in [0.1, 0.15) is 123 Å². The van der Waals surface area contributed by atoms with E-state index >= 15 is 0 Å². The molecule has 5 heteroatoms. The highest BCUT2D eigenvalue weighted by Crippen LogP contribution is 2.43. The minimum absolute atomic E-state index is 0.103. The molecule has 2 radical (unpaired) electrons. The molecule has 1 unspecified atom stereocenters. The molecule has 1 saturated carbocycles. The molecule has 28 heavy (non-hydrogen) atoms. The molecule has 1 heterocycles. The lowest BCUT2D eigenvalue weighted by atomic mass is 9.20. The number of hydrogen-bond donors (Lipinski definition) is 1. The minimum Gasteiger partial charge on any atom is -0.296 e. The van der Waals surface area contributed by atoms with Crippen molar-refractivity contribution in [3.63, 3.8) is 0 Å². The number of carbonyl (C=O) groups excluding carboxylic acids is 2. The smallest absolute Gasteiger partial charge is 0.226 e. The Morgan fingerprint density at radius 2 is 0.929 bits per heavy atom. The van der Waals surface area contributed by atoms with Crippen molar-refractivity contribution in [3.05, 3.63) is 0 Å². The standard InChI is InChI=1S/C23H41B2NO2/c1-22(16-10-7-5-3-4-6-8-11-17-22)24-25-23(2)18-12-9-14-20(27)26-21(28)15-13-19-23/h3-19H2,1-2H3,(H,26,27,28). The van der Waals surface area contributed by atoms with Crippen LogP contribution < -0.4 is 5.32 Å². The lowest BCUT2D eigenvalue weighted by molar-refractivity contribution is -0.130. The largest absolute Gasteiger partial charge is 0.296 e. The number of imide groups is 1. The van der Waals surface area contributed by atoms with E-state index in [0.29, 0.717) is 18.2 Å². The van der Waals surface area contributed by atoms with Crippen LogP contribution in [0, 0.1) is 0 Å². The molecule has 2 aliphatic rings. The van der Waals surface area contributed by atoms with Gasteiger partial charge in [0.1, 0.15) is 0 Å². The van der Waals surface area contributed by atoms with Crippen LogP contribution in [-0.4, -0.2) is 26.2 Å². The summed E-state index contributed by atoms with van der Waals surface area (Å²) in [7, 11) is 5.03. The van der Waals surface area contributed by atoms with Crippen molar-refractivity contribution in [3.8, 4) is 0 Å². The van der Waals surface area contributed by atoms with Gasteiger partial charge in [-0.25, -0.2) is 0 Å². The molecule has 1 aliphatic carbocycles. The van der Waals surface area contributed by atoms with Crippen molar-refractivity contribution in [2.45, 2.75) is 134 Å². The van der Waals surface area contributed by atoms with Crippen molar-refractivity contribution >= 4 is 26.2 Å². The van der Waals surface area contributed by atoms with Crippen molar-refractivity contribution in [2.75, 3.05) is 0 Å². The summed E-state index contributed by atoms with van der Waals surface area (Å²) < 4.78 is 0. The van der Waals surface area contributed by atoms with Crippen LogP contribution in [0.4, 0.5) is 0 Å². The molecule has 2 fully saturated rings. The molecular formula is C23H41B2NO2. The molecule has 0 aromatic rings. The van der Waals surface area contributed by atoms with Gasteiger partial charge in [0.25, 0.3) is 0 Å². The zero-order chi connectivity index (χ0) is 20.3. The van der Waals surface area contributed by atoms with Gasteiger partial charge in [-0.2, -0.15) is 0 Å². The summed E-state index contributed by atoms with van der Waals surface area (Å²) in [5, 5.41) is 2.98. The van der Waals surface area contributed by atoms with Crippen LogP contribution in [0.15, 0.2) is 0 Å². The van der Waals surface area contributed by atoms with Crippen LogP contribution >= 0.6 is 0 Å². The van der Waals surface area contributed by atoms with Gasteiger partial charge in [-0.1, -0.05) is 108 Å². The fourth-order valence-electron chi connectivity index (χ4n) is 4.85. The van der Waals surface area contributed by atoms with Crippen molar-refractivity contribution in [1.29, 1.82) is 0 Å². The Morgan fingerprint density at radius 3 is 1.43 bits per heavy atom. The topological polar surface area (TPSA) is 46.2 Å². The average molecular weight is 385 g/mol. The molecule has 1 saturated heterocycles. The van der Waals surface area contributed by atoms with Crippen LogP contribution in [-0.2, 0) is 9.59 Å². The first-order valence-corrected chi connectivity index (χ1v) is 11.9. The lowest BCUT2D eigenvalue weighted by Gasteiger charge is -2.36. The molecule has 156 valence electrons. The molecule has 0 aromatic heterocycles. The van der Waals surface area contributed by atoms with Crippen molar-refractivity contribution in [2.24, 2.45) is 0 Å². The molecular weight excluding hydrogens is 344 g/mol. The average Bonchev–Trinajstić information content (AvgIpc) is 2.71. The second-order valence-corrected chi connectivity index (χ2v) is 10.0. The first-order valence-electron chi connectivity index (χ1n) is 11.9. The van der Waals surface area contributed by atoms with Gasteiger partial charge in [-0.05, 0) is 12.8 Å². The van der Waals surface area contributed by atoms with Gasteiger partial charge in [0, 0.05) is 12.8 Å². The van der Waals surface area contributed by atoms with Crippen LogP contribution in [0.3, 0.4) is 0 Å². The number of hydrogen-bond acceptors (Lipinski definition) is 2. The first-order chi connectivity index (χ1) is 13.4. The normalized spacial score (nSPS) is 28.9. The Hall–Kier alpha value is -0.730. The van der Waals surface area contributed by atoms with E-state index in [2.05, 4.69) is 33.5 Å². The maximum absolute atomic E-state index is 11.9. The van der Waals surface area contributed by atoms with Gasteiger partial charge in [0.2, 0.25) is 11.8 Å². The highest BCUT2D eigenvalue weighted by Gasteiger charge is 2.31. The van der Waals surface area contributed by atoms with Crippen LogP contribution in [0.5, 0.6) is 0 Å². The molecule has 1 aliphatic heterocycles. The van der Waals surface area contributed by atoms with E-state index in [4.69, 9.17) is 0 Å². The van der Waals surface area contributed by atoms with Gasteiger partial charge >= 0.3 is 0 Å².